The van der Waals surface area contributed by atoms with E-state index in [1.807, 2.05) is 0 Å². The Morgan fingerprint density at radius 3 is 2.53 bits per heavy atom. The first-order chi connectivity index (χ1) is 8.78. The fourth-order valence-electron chi connectivity index (χ4n) is 1.95. The van der Waals surface area contributed by atoms with Crippen LogP contribution in [0.2, 0.25) is 10.0 Å². The molecule has 1 aromatic carbocycles. The second-order valence-electron chi connectivity index (χ2n) is 4.25. The molecule has 1 aliphatic rings. The molecule has 1 heterocycles. The maximum Gasteiger partial charge on any atom is 0.266 e. The molecule has 2 rings (SSSR count). The zero-order valence-corrected chi connectivity index (χ0v) is 14.8. The van der Waals surface area contributed by atoms with Crippen LogP contribution in [0, 0.1) is 0 Å². The summed E-state index contributed by atoms with van der Waals surface area (Å²) in [6.07, 6.45) is 0. The lowest BCUT2D eigenvalue weighted by Gasteiger charge is -2.27. The molecule has 0 saturated heterocycles. The summed E-state index contributed by atoms with van der Waals surface area (Å²) in [7, 11) is 1.62. The first kappa shape index (κ1) is 15.3. The van der Waals surface area contributed by atoms with Gasteiger partial charge < -0.3 is 0 Å². The van der Waals surface area contributed by atoms with Crippen LogP contribution >= 0.6 is 55.1 Å². The topological polar surface area (TPSA) is 32.7 Å². The van der Waals surface area contributed by atoms with E-state index in [4.69, 9.17) is 23.2 Å². The van der Waals surface area contributed by atoms with Gasteiger partial charge in [0.2, 0.25) is 0 Å². The quantitative estimate of drug-likeness (QED) is 0.642. The molecule has 0 saturated carbocycles. The van der Waals surface area contributed by atoms with Gasteiger partial charge in [-0.25, -0.2) is 5.01 Å². The van der Waals surface area contributed by atoms with E-state index in [1.54, 1.807) is 32.2 Å². The molecule has 0 aromatic heterocycles. The highest BCUT2D eigenvalue weighted by Crippen LogP contribution is 2.47. The van der Waals surface area contributed by atoms with Crippen LogP contribution in [0.3, 0.4) is 0 Å². The van der Waals surface area contributed by atoms with Crippen molar-refractivity contribution in [2.75, 3.05) is 7.05 Å². The monoisotopic (exact) mass is 426 g/mol. The molecule has 7 heteroatoms. The number of hydrazone groups is 1. The van der Waals surface area contributed by atoms with Gasteiger partial charge in [0.1, 0.15) is 0 Å². The summed E-state index contributed by atoms with van der Waals surface area (Å²) in [6, 6.07) is 5.19. The van der Waals surface area contributed by atoms with Crippen LogP contribution < -0.4 is 0 Å². The molecule has 2 atom stereocenters. The highest BCUT2D eigenvalue weighted by atomic mass is 79.9. The molecule has 0 aliphatic carbocycles. The van der Waals surface area contributed by atoms with E-state index in [9.17, 15) is 4.79 Å². The number of carbonyl (C=O) groups is 1. The van der Waals surface area contributed by atoms with Gasteiger partial charge in [-0.2, -0.15) is 5.10 Å². The lowest BCUT2D eigenvalue weighted by Crippen LogP contribution is -2.42. The van der Waals surface area contributed by atoms with Gasteiger partial charge in [0.05, 0.1) is 10.5 Å². The van der Waals surface area contributed by atoms with Crippen molar-refractivity contribution >= 4 is 66.7 Å². The lowest BCUT2D eigenvalue weighted by atomic mass is 9.95. The van der Waals surface area contributed by atoms with E-state index in [0.717, 1.165) is 5.56 Å². The number of carbonyl (C=O) groups excluding carboxylic acids is 1. The second kappa shape index (κ2) is 5.35. The number of nitrogens with zero attached hydrogens (tertiary/aromatic N) is 2. The fourth-order valence-corrected chi connectivity index (χ4v) is 4.10. The summed E-state index contributed by atoms with van der Waals surface area (Å²) in [5.41, 5.74) is 1.45. The van der Waals surface area contributed by atoms with Crippen molar-refractivity contribution in [2.45, 2.75) is 16.1 Å². The summed E-state index contributed by atoms with van der Waals surface area (Å²) in [5, 5.41) is 6.55. The standard InChI is InChI=1S/C12H10Br2Cl2N2O/c1-6-12(14,11(19)18(2)17-6)10(13)8-4-3-7(15)5-9(8)16/h3-5,10H,1-2H3. The number of amides is 1. The van der Waals surface area contributed by atoms with Crippen molar-refractivity contribution in [2.24, 2.45) is 5.10 Å². The minimum atomic E-state index is -0.931. The number of halogens is 4. The van der Waals surface area contributed by atoms with E-state index in [0.29, 0.717) is 15.8 Å². The van der Waals surface area contributed by atoms with E-state index in [-0.39, 0.29) is 10.7 Å². The Labute approximate surface area is 138 Å². The highest BCUT2D eigenvalue weighted by molar-refractivity contribution is 9.13. The third kappa shape index (κ3) is 2.46. The van der Waals surface area contributed by atoms with Gasteiger partial charge in [0, 0.05) is 17.1 Å². The number of rotatable bonds is 2. The molecule has 2 unspecified atom stereocenters. The predicted molar refractivity (Wildman–Crippen MR) is 85.7 cm³/mol. The van der Waals surface area contributed by atoms with Crippen LogP contribution in [-0.4, -0.2) is 28.0 Å². The van der Waals surface area contributed by atoms with Crippen molar-refractivity contribution in [1.29, 1.82) is 0 Å². The largest absolute Gasteiger partial charge is 0.271 e. The Morgan fingerprint density at radius 1 is 1.42 bits per heavy atom. The molecule has 1 amide bonds. The zero-order valence-electron chi connectivity index (χ0n) is 10.1. The Bertz CT molecular complexity index is 579. The van der Waals surface area contributed by atoms with E-state index in [2.05, 4.69) is 37.0 Å². The summed E-state index contributed by atoms with van der Waals surface area (Å²) in [6.45, 7) is 1.80. The van der Waals surface area contributed by atoms with Crippen LogP contribution in [0.1, 0.15) is 17.3 Å². The van der Waals surface area contributed by atoms with Gasteiger partial charge in [0.15, 0.2) is 4.32 Å². The van der Waals surface area contributed by atoms with Crippen molar-refractivity contribution < 1.29 is 4.79 Å². The van der Waals surface area contributed by atoms with Gasteiger partial charge >= 0.3 is 0 Å². The maximum atomic E-state index is 12.3. The molecule has 0 bridgehead atoms. The molecule has 1 aliphatic heterocycles. The average molecular weight is 429 g/mol. The maximum absolute atomic E-state index is 12.3. The van der Waals surface area contributed by atoms with Crippen molar-refractivity contribution in [1.82, 2.24) is 5.01 Å². The Hall–Kier alpha value is -0.100. The smallest absolute Gasteiger partial charge is 0.266 e. The number of hydrogen-bond acceptors (Lipinski definition) is 2. The zero-order chi connectivity index (χ0) is 14.4. The van der Waals surface area contributed by atoms with Gasteiger partial charge in [-0.15, -0.1) is 0 Å². The summed E-state index contributed by atoms with van der Waals surface area (Å²) < 4.78 is -0.931. The number of hydrogen-bond donors (Lipinski definition) is 0. The van der Waals surface area contributed by atoms with Crippen LogP contribution in [-0.2, 0) is 4.79 Å². The molecule has 19 heavy (non-hydrogen) atoms. The van der Waals surface area contributed by atoms with Gasteiger partial charge in [-0.3, -0.25) is 4.79 Å². The molecule has 0 radical (unpaired) electrons. The van der Waals surface area contributed by atoms with Crippen LogP contribution in [0.25, 0.3) is 0 Å². The molecule has 3 nitrogen and oxygen atoms in total. The first-order valence-electron chi connectivity index (χ1n) is 5.40. The van der Waals surface area contributed by atoms with Gasteiger partial charge in [0.25, 0.3) is 5.91 Å². The van der Waals surface area contributed by atoms with E-state index in [1.165, 1.54) is 5.01 Å². The Kier molecular flexibility index (Phi) is 4.31. The molecule has 1 aromatic rings. The number of benzene rings is 1. The van der Waals surface area contributed by atoms with Crippen molar-refractivity contribution in [3.8, 4) is 0 Å². The summed E-state index contributed by atoms with van der Waals surface area (Å²) in [4.78, 5) is 12.0. The average Bonchev–Trinajstić information content (AvgIpc) is 2.53. The van der Waals surface area contributed by atoms with E-state index >= 15 is 0 Å². The molecule has 0 spiro atoms. The van der Waals surface area contributed by atoms with Gasteiger partial charge in [-0.05, 0) is 24.6 Å². The van der Waals surface area contributed by atoms with Crippen molar-refractivity contribution in [3.63, 3.8) is 0 Å². The molecule has 0 N–H and O–H groups in total. The molecule has 0 fully saturated rings. The minimum Gasteiger partial charge on any atom is -0.271 e. The minimum absolute atomic E-state index is 0.141. The summed E-state index contributed by atoms with van der Waals surface area (Å²) >= 11 is 19.1. The van der Waals surface area contributed by atoms with Gasteiger partial charge in [-0.1, -0.05) is 61.1 Å². The SMILES string of the molecule is CC1=NN(C)C(=O)C1(Br)C(Br)c1ccc(Cl)cc1Cl. The van der Waals surface area contributed by atoms with E-state index < -0.39 is 4.32 Å². The van der Waals surface area contributed by atoms with Crippen LogP contribution in [0.4, 0.5) is 0 Å². The van der Waals surface area contributed by atoms with Crippen LogP contribution in [0.5, 0.6) is 0 Å². The molecule has 102 valence electrons. The Morgan fingerprint density at radius 2 is 2.05 bits per heavy atom. The molecular formula is C12H10Br2Cl2N2O. The third-order valence-electron chi connectivity index (χ3n) is 3.02. The molecular weight excluding hydrogens is 419 g/mol. The van der Waals surface area contributed by atoms with Crippen molar-refractivity contribution in [3.05, 3.63) is 33.8 Å². The third-order valence-corrected chi connectivity index (χ3v) is 6.74. The first-order valence-corrected chi connectivity index (χ1v) is 7.86. The second-order valence-corrected chi connectivity index (χ2v) is 7.26. The normalized spacial score (nSPS) is 24.6. The summed E-state index contributed by atoms with van der Waals surface area (Å²) in [5.74, 6) is -0.141. The Balaban J connectivity index is 2.47. The van der Waals surface area contributed by atoms with Crippen LogP contribution in [0.15, 0.2) is 23.3 Å². The predicted octanol–water partition coefficient (Wildman–Crippen LogP) is 4.41. The lowest BCUT2D eigenvalue weighted by molar-refractivity contribution is -0.129. The number of alkyl halides is 2. The highest BCUT2D eigenvalue weighted by Gasteiger charge is 2.52. The fraction of sp³-hybridized carbons (Fsp3) is 0.333.